The standard InChI is InChI=1S/C19H37N5O.HI/c1-5-18(25)23-12-10-17(14-23)22-19(20-6-2)21-13-16(4)24-11-8-7-9-15(24)3;/h15-17H,5-14H2,1-4H3,(H2,20,21,22);1H. The number of piperidine rings is 1. The molecule has 2 saturated heterocycles. The molecule has 152 valence electrons. The van der Waals surface area contributed by atoms with Crippen LogP contribution in [0, 0.1) is 0 Å². The van der Waals surface area contributed by atoms with Crippen molar-refractivity contribution in [2.45, 2.75) is 77.9 Å². The number of guanidine groups is 1. The van der Waals surface area contributed by atoms with E-state index in [2.05, 4.69) is 36.3 Å². The van der Waals surface area contributed by atoms with Gasteiger partial charge in [-0.15, -0.1) is 24.0 Å². The van der Waals surface area contributed by atoms with E-state index >= 15 is 0 Å². The highest BCUT2D eigenvalue weighted by molar-refractivity contribution is 14.0. The Labute approximate surface area is 176 Å². The molecule has 0 spiro atoms. The van der Waals surface area contributed by atoms with Gasteiger partial charge in [0.15, 0.2) is 5.96 Å². The van der Waals surface area contributed by atoms with Crippen LogP contribution < -0.4 is 10.6 Å². The molecule has 2 rings (SSSR count). The lowest BCUT2D eigenvalue weighted by Gasteiger charge is -2.37. The largest absolute Gasteiger partial charge is 0.357 e. The van der Waals surface area contributed by atoms with Crippen LogP contribution in [0.4, 0.5) is 0 Å². The number of halogens is 1. The maximum absolute atomic E-state index is 11.8. The Morgan fingerprint density at radius 1 is 1.23 bits per heavy atom. The van der Waals surface area contributed by atoms with E-state index in [4.69, 9.17) is 4.99 Å². The van der Waals surface area contributed by atoms with Crippen LogP contribution in [0.2, 0.25) is 0 Å². The fraction of sp³-hybridized carbons (Fsp3) is 0.895. The first-order chi connectivity index (χ1) is 12.0. The van der Waals surface area contributed by atoms with Gasteiger partial charge in [-0.3, -0.25) is 14.7 Å². The minimum atomic E-state index is 0. The van der Waals surface area contributed by atoms with Gasteiger partial charge >= 0.3 is 0 Å². The predicted octanol–water partition coefficient (Wildman–Crippen LogP) is 2.43. The van der Waals surface area contributed by atoms with Crippen LogP contribution in [0.15, 0.2) is 4.99 Å². The molecule has 3 unspecified atom stereocenters. The predicted molar refractivity (Wildman–Crippen MR) is 119 cm³/mol. The molecule has 2 N–H and O–H groups in total. The van der Waals surface area contributed by atoms with Crippen molar-refractivity contribution < 1.29 is 4.79 Å². The number of rotatable bonds is 6. The zero-order valence-corrected chi connectivity index (χ0v) is 19.3. The summed E-state index contributed by atoms with van der Waals surface area (Å²) in [5.74, 6) is 1.13. The van der Waals surface area contributed by atoms with Gasteiger partial charge in [-0.1, -0.05) is 13.3 Å². The molecule has 2 fully saturated rings. The van der Waals surface area contributed by atoms with Gasteiger partial charge in [-0.05, 0) is 46.6 Å². The molecule has 2 heterocycles. The van der Waals surface area contributed by atoms with Crippen molar-refractivity contribution in [2.24, 2.45) is 4.99 Å². The van der Waals surface area contributed by atoms with Gasteiger partial charge in [0.2, 0.25) is 5.91 Å². The number of hydrogen-bond acceptors (Lipinski definition) is 3. The van der Waals surface area contributed by atoms with Crippen molar-refractivity contribution in [3.63, 3.8) is 0 Å². The van der Waals surface area contributed by atoms with E-state index < -0.39 is 0 Å². The summed E-state index contributed by atoms with van der Waals surface area (Å²) in [5, 5.41) is 6.88. The molecule has 2 aliphatic heterocycles. The van der Waals surface area contributed by atoms with Gasteiger partial charge in [-0.25, -0.2) is 0 Å². The average molecular weight is 479 g/mol. The van der Waals surface area contributed by atoms with Crippen molar-refractivity contribution in [1.82, 2.24) is 20.4 Å². The molecule has 2 aliphatic rings. The van der Waals surface area contributed by atoms with E-state index in [-0.39, 0.29) is 29.9 Å². The molecule has 0 aromatic rings. The molecule has 7 heteroatoms. The fourth-order valence-electron chi connectivity index (χ4n) is 3.95. The molecule has 0 aromatic heterocycles. The Bertz CT molecular complexity index is 459. The molecule has 0 aromatic carbocycles. The van der Waals surface area contributed by atoms with E-state index in [1.165, 1.54) is 25.8 Å². The third-order valence-electron chi connectivity index (χ3n) is 5.46. The van der Waals surface area contributed by atoms with Gasteiger partial charge in [0.1, 0.15) is 0 Å². The first-order valence-corrected chi connectivity index (χ1v) is 10.1. The van der Waals surface area contributed by atoms with Gasteiger partial charge in [0, 0.05) is 44.2 Å². The summed E-state index contributed by atoms with van der Waals surface area (Å²) in [6, 6.07) is 1.43. The topological polar surface area (TPSA) is 60.0 Å². The van der Waals surface area contributed by atoms with Crippen LogP contribution in [0.3, 0.4) is 0 Å². The second kappa shape index (κ2) is 12.0. The van der Waals surface area contributed by atoms with Crippen LogP contribution in [0.1, 0.15) is 59.8 Å². The normalized spacial score (nSPS) is 25.5. The number of nitrogens with one attached hydrogen (secondary N) is 2. The van der Waals surface area contributed by atoms with E-state index in [1.807, 2.05) is 11.8 Å². The summed E-state index contributed by atoms with van der Waals surface area (Å²) < 4.78 is 0. The van der Waals surface area contributed by atoms with Gasteiger partial charge < -0.3 is 15.5 Å². The number of likely N-dealkylation sites (tertiary alicyclic amines) is 2. The maximum Gasteiger partial charge on any atom is 0.222 e. The second-order valence-electron chi connectivity index (χ2n) is 7.47. The minimum Gasteiger partial charge on any atom is -0.357 e. The average Bonchev–Trinajstić information content (AvgIpc) is 3.08. The third-order valence-corrected chi connectivity index (χ3v) is 5.46. The number of aliphatic imine (C=N–C) groups is 1. The number of carbonyl (C=O) groups excluding carboxylic acids is 1. The zero-order valence-electron chi connectivity index (χ0n) is 17.0. The number of nitrogens with zero attached hydrogens (tertiary/aromatic N) is 3. The SMILES string of the molecule is CCNC(=NCC(C)N1CCCCC1C)NC1CCN(C(=O)CC)C1.I. The lowest BCUT2D eigenvalue weighted by Crippen LogP contribution is -2.47. The molecule has 0 saturated carbocycles. The van der Waals surface area contributed by atoms with Gasteiger partial charge in [0.25, 0.3) is 0 Å². The summed E-state index contributed by atoms with van der Waals surface area (Å²) in [5.41, 5.74) is 0. The monoisotopic (exact) mass is 479 g/mol. The molecule has 3 atom stereocenters. The van der Waals surface area contributed by atoms with Crippen molar-refractivity contribution >= 4 is 35.8 Å². The molecule has 0 radical (unpaired) electrons. The maximum atomic E-state index is 11.8. The molecule has 26 heavy (non-hydrogen) atoms. The van der Waals surface area contributed by atoms with Crippen LogP contribution in [0.25, 0.3) is 0 Å². The van der Waals surface area contributed by atoms with E-state index in [0.29, 0.717) is 24.5 Å². The summed E-state index contributed by atoms with van der Waals surface area (Å²) in [6.45, 7) is 13.1. The first-order valence-electron chi connectivity index (χ1n) is 10.1. The Morgan fingerprint density at radius 2 is 2.00 bits per heavy atom. The lowest BCUT2D eigenvalue weighted by molar-refractivity contribution is -0.129. The Hall–Kier alpha value is -0.570. The van der Waals surface area contributed by atoms with Crippen molar-refractivity contribution in [1.29, 1.82) is 0 Å². The van der Waals surface area contributed by atoms with Crippen LogP contribution in [0.5, 0.6) is 0 Å². The smallest absolute Gasteiger partial charge is 0.222 e. The molecule has 6 nitrogen and oxygen atoms in total. The summed E-state index contributed by atoms with van der Waals surface area (Å²) in [6.07, 6.45) is 5.55. The van der Waals surface area contributed by atoms with Gasteiger partial charge in [0.05, 0.1) is 6.54 Å². The first kappa shape index (κ1) is 23.5. The van der Waals surface area contributed by atoms with Crippen molar-refractivity contribution in [2.75, 3.05) is 32.7 Å². The lowest BCUT2D eigenvalue weighted by atomic mass is 10.0. The highest BCUT2D eigenvalue weighted by atomic mass is 127. The van der Waals surface area contributed by atoms with Crippen LogP contribution in [-0.2, 0) is 4.79 Å². The highest BCUT2D eigenvalue weighted by Gasteiger charge is 2.26. The fourth-order valence-corrected chi connectivity index (χ4v) is 3.95. The molecule has 0 aliphatic carbocycles. The highest BCUT2D eigenvalue weighted by Crippen LogP contribution is 2.19. The van der Waals surface area contributed by atoms with E-state index in [1.54, 1.807) is 0 Å². The Kier molecular flexibility index (Phi) is 10.8. The van der Waals surface area contributed by atoms with Crippen molar-refractivity contribution in [3.05, 3.63) is 0 Å². The summed E-state index contributed by atoms with van der Waals surface area (Å²) in [4.78, 5) is 21.2. The number of hydrogen-bond donors (Lipinski definition) is 2. The van der Waals surface area contributed by atoms with E-state index in [9.17, 15) is 4.79 Å². The Morgan fingerprint density at radius 3 is 2.65 bits per heavy atom. The minimum absolute atomic E-state index is 0. The third kappa shape index (κ3) is 6.87. The molecular formula is C19H38IN5O. The summed E-state index contributed by atoms with van der Waals surface area (Å²) in [7, 11) is 0. The summed E-state index contributed by atoms with van der Waals surface area (Å²) >= 11 is 0. The molecular weight excluding hydrogens is 441 g/mol. The number of carbonyl (C=O) groups is 1. The quantitative estimate of drug-likeness (QED) is 0.349. The molecule has 1 amide bonds. The second-order valence-corrected chi connectivity index (χ2v) is 7.47. The molecule has 0 bridgehead atoms. The zero-order chi connectivity index (χ0) is 18.2. The van der Waals surface area contributed by atoms with E-state index in [0.717, 1.165) is 38.6 Å². The van der Waals surface area contributed by atoms with Gasteiger partial charge in [-0.2, -0.15) is 0 Å². The van der Waals surface area contributed by atoms with Crippen LogP contribution in [-0.4, -0.2) is 72.5 Å². The Balaban J connectivity index is 0.00000338. The van der Waals surface area contributed by atoms with Crippen LogP contribution >= 0.6 is 24.0 Å². The van der Waals surface area contributed by atoms with Crippen molar-refractivity contribution in [3.8, 4) is 0 Å². The number of amides is 1.